The zero-order valence-corrected chi connectivity index (χ0v) is 23.7. The molecule has 2 aromatic rings. The molecule has 216 valence electrons. The number of carbonyl (C=O) groups excluding carboxylic acids is 3. The molecule has 0 aromatic heterocycles. The molecule has 9 heteroatoms. The molecule has 1 aliphatic rings. The van der Waals surface area contributed by atoms with Gasteiger partial charge in [0.15, 0.2) is 6.29 Å². The maximum absolute atomic E-state index is 13.9. The van der Waals surface area contributed by atoms with Crippen molar-refractivity contribution in [2.24, 2.45) is 11.7 Å². The lowest BCUT2D eigenvalue weighted by molar-refractivity contribution is -0.202. The first kappa shape index (κ1) is 31.0. The molecule has 0 spiro atoms. The molecule has 1 heterocycles. The van der Waals surface area contributed by atoms with Gasteiger partial charge < -0.3 is 10.5 Å². The fourth-order valence-electron chi connectivity index (χ4n) is 4.28. The number of hydrazine groups is 1. The number of carbonyl (C=O) groups is 3. The monoisotopic (exact) mass is 550 g/mol. The van der Waals surface area contributed by atoms with Crippen LogP contribution in [0.1, 0.15) is 64.9 Å². The molecule has 1 unspecified atom stereocenters. The standard InChI is InChI=1S/C31H42N4O5/c1-23(2)20-21-28(36)35(34(31(38)24(3)32)26-16-8-5-9-17-26)27(18-12-15-25-13-6-4-7-14-25)30(37)33-40-29-19-10-11-22-39-29/h4-9,12-17,23-24,27,29H,10-11,18-22,32H2,1-3H3,(H,33,37)/t24-,27+,29?/m1/s1. The highest BCUT2D eigenvalue weighted by Gasteiger charge is 2.38. The number of benzene rings is 2. The number of nitrogens with two attached hydrogens (primary N) is 1. The topological polar surface area (TPSA) is 114 Å². The SMILES string of the molecule is CC(C)CCC(=O)N([C@@H](CC=Cc1ccccc1)C(=O)NOC1CCCCO1)N(C(=O)[C@@H](C)N)c1ccccc1. The summed E-state index contributed by atoms with van der Waals surface area (Å²) in [4.78, 5) is 46.8. The molecule has 1 saturated heterocycles. The molecular weight excluding hydrogens is 508 g/mol. The number of para-hydroxylation sites is 1. The highest BCUT2D eigenvalue weighted by atomic mass is 16.8. The van der Waals surface area contributed by atoms with E-state index in [0.717, 1.165) is 18.4 Å². The van der Waals surface area contributed by atoms with Gasteiger partial charge in [0.25, 0.3) is 11.8 Å². The van der Waals surface area contributed by atoms with Crippen molar-refractivity contribution in [1.82, 2.24) is 10.5 Å². The van der Waals surface area contributed by atoms with Crippen LogP contribution in [0.4, 0.5) is 5.69 Å². The van der Waals surface area contributed by atoms with E-state index in [1.165, 1.54) is 10.0 Å². The molecule has 0 aliphatic carbocycles. The van der Waals surface area contributed by atoms with Crippen LogP contribution in [0.15, 0.2) is 66.7 Å². The van der Waals surface area contributed by atoms with Gasteiger partial charge in [0.2, 0.25) is 5.91 Å². The quantitative estimate of drug-likeness (QED) is 0.374. The summed E-state index contributed by atoms with van der Waals surface area (Å²) in [6, 6.07) is 16.4. The maximum atomic E-state index is 13.9. The van der Waals surface area contributed by atoms with Gasteiger partial charge in [-0.2, -0.15) is 0 Å². The number of anilines is 1. The molecule has 0 bridgehead atoms. The molecule has 0 radical (unpaired) electrons. The summed E-state index contributed by atoms with van der Waals surface area (Å²) in [6.07, 6.45) is 6.49. The van der Waals surface area contributed by atoms with E-state index in [2.05, 4.69) is 5.48 Å². The van der Waals surface area contributed by atoms with Gasteiger partial charge in [-0.05, 0) is 56.2 Å². The van der Waals surface area contributed by atoms with E-state index in [1.807, 2.05) is 62.4 Å². The summed E-state index contributed by atoms with van der Waals surface area (Å²) in [7, 11) is 0. The second-order valence-corrected chi connectivity index (χ2v) is 10.4. The predicted octanol–water partition coefficient (Wildman–Crippen LogP) is 4.59. The van der Waals surface area contributed by atoms with Gasteiger partial charge in [0.05, 0.1) is 11.7 Å². The van der Waals surface area contributed by atoms with E-state index >= 15 is 0 Å². The number of nitrogens with zero attached hydrogens (tertiary/aromatic N) is 2. The van der Waals surface area contributed by atoms with E-state index in [9.17, 15) is 14.4 Å². The van der Waals surface area contributed by atoms with Gasteiger partial charge in [-0.15, -0.1) is 0 Å². The molecule has 2 aromatic carbocycles. The summed E-state index contributed by atoms with van der Waals surface area (Å²) >= 11 is 0. The molecular formula is C31H42N4O5. The highest BCUT2D eigenvalue weighted by Crippen LogP contribution is 2.24. The number of amides is 3. The third-order valence-electron chi connectivity index (χ3n) is 6.50. The second kappa shape index (κ2) is 15.9. The number of hydrogen-bond donors (Lipinski definition) is 2. The fraction of sp³-hybridized carbons (Fsp3) is 0.452. The molecule has 1 aliphatic heterocycles. The summed E-state index contributed by atoms with van der Waals surface area (Å²) in [6.45, 7) is 6.15. The van der Waals surface area contributed by atoms with Gasteiger partial charge in [-0.3, -0.25) is 14.4 Å². The van der Waals surface area contributed by atoms with E-state index < -0.39 is 30.2 Å². The van der Waals surface area contributed by atoms with E-state index in [1.54, 1.807) is 31.2 Å². The number of rotatable bonds is 12. The van der Waals surface area contributed by atoms with Crippen molar-refractivity contribution in [2.75, 3.05) is 11.6 Å². The third kappa shape index (κ3) is 9.29. The van der Waals surface area contributed by atoms with Crippen LogP contribution in [0.2, 0.25) is 0 Å². The van der Waals surface area contributed by atoms with Crippen LogP contribution in [0.3, 0.4) is 0 Å². The summed E-state index contributed by atoms with van der Waals surface area (Å²) in [5, 5.41) is 2.49. The lowest BCUT2D eigenvalue weighted by Gasteiger charge is -2.40. The number of ether oxygens (including phenoxy) is 1. The average molecular weight is 551 g/mol. The van der Waals surface area contributed by atoms with Gasteiger partial charge in [-0.1, -0.05) is 74.5 Å². The normalized spacial score (nSPS) is 16.9. The van der Waals surface area contributed by atoms with Crippen molar-refractivity contribution in [2.45, 2.75) is 77.7 Å². The van der Waals surface area contributed by atoms with E-state index in [-0.39, 0.29) is 24.7 Å². The van der Waals surface area contributed by atoms with Crippen LogP contribution < -0.4 is 16.2 Å². The van der Waals surface area contributed by atoms with Gasteiger partial charge >= 0.3 is 0 Å². The van der Waals surface area contributed by atoms with Crippen LogP contribution >= 0.6 is 0 Å². The minimum Gasteiger partial charge on any atom is -0.350 e. The third-order valence-corrected chi connectivity index (χ3v) is 6.50. The van der Waals surface area contributed by atoms with Crippen molar-refractivity contribution >= 4 is 29.5 Å². The Hall–Kier alpha value is -3.53. The zero-order chi connectivity index (χ0) is 28.9. The van der Waals surface area contributed by atoms with Gasteiger partial charge in [-0.25, -0.2) is 20.3 Å². The Labute approximate surface area is 237 Å². The zero-order valence-electron chi connectivity index (χ0n) is 23.7. The largest absolute Gasteiger partial charge is 0.350 e. The number of hydroxylamine groups is 1. The van der Waals surface area contributed by atoms with Crippen LogP contribution in [-0.2, 0) is 24.0 Å². The predicted molar refractivity (Wildman–Crippen MR) is 155 cm³/mol. The number of hydrogen-bond acceptors (Lipinski definition) is 6. The molecule has 3 atom stereocenters. The van der Waals surface area contributed by atoms with E-state index in [4.69, 9.17) is 15.3 Å². The Morgan fingerprint density at radius 3 is 2.33 bits per heavy atom. The first-order valence-corrected chi connectivity index (χ1v) is 14.0. The number of nitrogens with one attached hydrogen (secondary N) is 1. The molecule has 0 saturated carbocycles. The van der Waals surface area contributed by atoms with Crippen LogP contribution in [0.5, 0.6) is 0 Å². The Kier molecular flexibility index (Phi) is 12.3. The Morgan fingerprint density at radius 2 is 1.73 bits per heavy atom. The Balaban J connectivity index is 2.01. The molecule has 3 rings (SSSR count). The minimum atomic E-state index is -1.11. The smallest absolute Gasteiger partial charge is 0.268 e. The summed E-state index contributed by atoms with van der Waals surface area (Å²) in [5.41, 5.74) is 9.95. The van der Waals surface area contributed by atoms with Crippen molar-refractivity contribution in [3.05, 3.63) is 72.3 Å². The first-order valence-electron chi connectivity index (χ1n) is 14.0. The van der Waals surface area contributed by atoms with Crippen molar-refractivity contribution in [1.29, 1.82) is 0 Å². The Bertz CT molecular complexity index is 1100. The second-order valence-electron chi connectivity index (χ2n) is 10.4. The maximum Gasteiger partial charge on any atom is 0.268 e. The highest BCUT2D eigenvalue weighted by molar-refractivity contribution is 6.01. The molecule has 3 amide bonds. The lowest BCUT2D eigenvalue weighted by atomic mass is 10.1. The van der Waals surface area contributed by atoms with Crippen molar-refractivity contribution < 1.29 is 24.0 Å². The van der Waals surface area contributed by atoms with Gasteiger partial charge in [0, 0.05) is 19.4 Å². The van der Waals surface area contributed by atoms with Crippen LogP contribution in [0.25, 0.3) is 6.08 Å². The summed E-state index contributed by atoms with van der Waals surface area (Å²) in [5.74, 6) is -1.19. The van der Waals surface area contributed by atoms with Crippen LogP contribution in [0, 0.1) is 5.92 Å². The van der Waals surface area contributed by atoms with Crippen LogP contribution in [-0.4, -0.2) is 47.7 Å². The molecule has 3 N–H and O–H groups in total. The minimum absolute atomic E-state index is 0.124. The molecule has 9 nitrogen and oxygen atoms in total. The fourth-order valence-corrected chi connectivity index (χ4v) is 4.28. The van der Waals surface area contributed by atoms with Crippen molar-refractivity contribution in [3.63, 3.8) is 0 Å². The first-order chi connectivity index (χ1) is 19.3. The lowest BCUT2D eigenvalue weighted by Crippen LogP contribution is -2.61. The molecule has 40 heavy (non-hydrogen) atoms. The average Bonchev–Trinajstić information content (AvgIpc) is 2.97. The van der Waals surface area contributed by atoms with Crippen molar-refractivity contribution in [3.8, 4) is 0 Å². The summed E-state index contributed by atoms with van der Waals surface area (Å²) < 4.78 is 5.59. The van der Waals surface area contributed by atoms with Gasteiger partial charge in [0.1, 0.15) is 6.04 Å². The molecule has 1 fully saturated rings. The van der Waals surface area contributed by atoms with E-state index in [0.29, 0.717) is 25.1 Å². The Morgan fingerprint density at radius 1 is 1.05 bits per heavy atom.